The summed E-state index contributed by atoms with van der Waals surface area (Å²) in [6, 6.07) is 11.1. The maximum atomic E-state index is 13.1. The van der Waals surface area contributed by atoms with Crippen molar-refractivity contribution in [1.29, 1.82) is 0 Å². The fourth-order valence-electron chi connectivity index (χ4n) is 3.58. The van der Waals surface area contributed by atoms with Gasteiger partial charge in [-0.2, -0.15) is 0 Å². The molecule has 1 saturated heterocycles. The number of ether oxygens (including phenoxy) is 1. The van der Waals surface area contributed by atoms with Crippen molar-refractivity contribution in [2.24, 2.45) is 5.92 Å². The minimum Gasteiger partial charge on any atom is -0.481 e. The molecule has 2 aromatic rings. The van der Waals surface area contributed by atoms with Crippen LogP contribution in [0.25, 0.3) is 0 Å². The van der Waals surface area contributed by atoms with Gasteiger partial charge in [0.05, 0.1) is 12.5 Å². The molecule has 142 valence electrons. The molecule has 1 N–H and O–H groups in total. The van der Waals surface area contributed by atoms with E-state index in [9.17, 15) is 14.7 Å². The van der Waals surface area contributed by atoms with Gasteiger partial charge in [-0.1, -0.05) is 29.8 Å². The van der Waals surface area contributed by atoms with Gasteiger partial charge < -0.3 is 14.7 Å². The summed E-state index contributed by atoms with van der Waals surface area (Å²) < 4.78 is 6.10. The number of carboxylic acids is 1. The molecule has 1 saturated carbocycles. The van der Waals surface area contributed by atoms with Crippen LogP contribution in [0.3, 0.4) is 0 Å². The van der Waals surface area contributed by atoms with Crippen LogP contribution in [0.15, 0.2) is 41.8 Å². The van der Waals surface area contributed by atoms with E-state index in [-0.39, 0.29) is 18.4 Å². The van der Waals surface area contributed by atoms with Crippen LogP contribution in [-0.4, -0.2) is 34.5 Å². The Bertz CT molecular complexity index is 836. The first kappa shape index (κ1) is 18.5. The second-order valence-electron chi connectivity index (χ2n) is 7.09. The summed E-state index contributed by atoms with van der Waals surface area (Å²) in [7, 11) is 0. The van der Waals surface area contributed by atoms with Gasteiger partial charge in [0.2, 0.25) is 0 Å². The standard InChI is InChI=1S/C20H20ClNO4S/c21-14-4-1-3-13(9-14)19-18(16-5-2-8-27-16)22(11-12-6-7-12)20(25)15(26-19)10-17(23)24/h1-5,8-9,12,15,18-19H,6-7,10-11H2,(H,23,24)/t15-,18+,19+/m0/s1. The maximum Gasteiger partial charge on any atom is 0.306 e. The third-order valence-corrected chi connectivity index (χ3v) is 6.19. The molecule has 2 fully saturated rings. The quantitative estimate of drug-likeness (QED) is 0.778. The predicted molar refractivity (Wildman–Crippen MR) is 103 cm³/mol. The molecule has 1 amide bonds. The van der Waals surface area contributed by atoms with Crippen molar-refractivity contribution in [3.05, 3.63) is 57.2 Å². The zero-order chi connectivity index (χ0) is 19.0. The highest BCUT2D eigenvalue weighted by Gasteiger charge is 2.46. The minimum absolute atomic E-state index is 0.235. The lowest BCUT2D eigenvalue weighted by atomic mass is 9.95. The number of carbonyl (C=O) groups is 2. The summed E-state index contributed by atoms with van der Waals surface area (Å²) in [6.45, 7) is 0.637. The number of morpholine rings is 1. The van der Waals surface area contributed by atoms with E-state index in [0.29, 0.717) is 17.5 Å². The van der Waals surface area contributed by atoms with Crippen molar-refractivity contribution in [3.63, 3.8) is 0 Å². The third-order valence-electron chi connectivity index (χ3n) is 5.02. The zero-order valence-corrected chi connectivity index (χ0v) is 16.2. The minimum atomic E-state index is -1.04. The van der Waals surface area contributed by atoms with E-state index in [0.717, 1.165) is 23.3 Å². The molecule has 1 aromatic carbocycles. The molecular formula is C20H20ClNO4S. The number of benzene rings is 1. The Balaban J connectivity index is 1.76. The number of hydrogen-bond acceptors (Lipinski definition) is 4. The second-order valence-corrected chi connectivity index (χ2v) is 8.51. The lowest BCUT2D eigenvalue weighted by Crippen LogP contribution is -2.51. The van der Waals surface area contributed by atoms with Crippen LogP contribution in [0.1, 0.15) is 41.8 Å². The first-order valence-electron chi connectivity index (χ1n) is 8.99. The summed E-state index contributed by atoms with van der Waals surface area (Å²) in [5.74, 6) is -0.792. The molecule has 5 nitrogen and oxygen atoms in total. The second kappa shape index (κ2) is 7.62. The van der Waals surface area contributed by atoms with E-state index < -0.39 is 18.2 Å². The van der Waals surface area contributed by atoms with Crippen LogP contribution in [0.4, 0.5) is 0 Å². The molecule has 2 aliphatic rings. The lowest BCUT2D eigenvalue weighted by molar-refractivity contribution is -0.179. The molecule has 27 heavy (non-hydrogen) atoms. The summed E-state index contributed by atoms with van der Waals surface area (Å²) in [5.41, 5.74) is 0.851. The van der Waals surface area contributed by atoms with Gasteiger partial charge in [-0.05, 0) is 47.9 Å². The van der Waals surface area contributed by atoms with E-state index in [1.54, 1.807) is 17.4 Å². The van der Waals surface area contributed by atoms with E-state index in [4.69, 9.17) is 16.3 Å². The average molecular weight is 406 g/mol. The van der Waals surface area contributed by atoms with Crippen LogP contribution in [-0.2, 0) is 14.3 Å². The van der Waals surface area contributed by atoms with Crippen molar-refractivity contribution in [3.8, 4) is 0 Å². The van der Waals surface area contributed by atoms with Crippen molar-refractivity contribution < 1.29 is 19.4 Å². The fourth-order valence-corrected chi connectivity index (χ4v) is 4.64. The molecule has 1 aromatic heterocycles. The summed E-state index contributed by atoms with van der Waals surface area (Å²) in [5, 5.41) is 11.8. The van der Waals surface area contributed by atoms with Crippen LogP contribution < -0.4 is 0 Å². The fraction of sp³-hybridized carbons (Fsp3) is 0.400. The first-order chi connectivity index (χ1) is 13.0. The Morgan fingerprint density at radius 2 is 2.11 bits per heavy atom. The lowest BCUT2D eigenvalue weighted by Gasteiger charge is -2.44. The Morgan fingerprint density at radius 1 is 1.30 bits per heavy atom. The molecule has 3 atom stereocenters. The third kappa shape index (κ3) is 4.03. The Labute approximate surface area is 166 Å². The zero-order valence-electron chi connectivity index (χ0n) is 14.6. The molecule has 4 rings (SSSR count). The molecule has 1 aliphatic heterocycles. The van der Waals surface area contributed by atoms with E-state index in [1.807, 2.05) is 40.6 Å². The van der Waals surface area contributed by atoms with Gasteiger partial charge in [0.15, 0.2) is 0 Å². The Morgan fingerprint density at radius 3 is 2.74 bits per heavy atom. The number of aliphatic carboxylic acids is 1. The number of rotatable bonds is 6. The number of carboxylic acid groups (broad SMARTS) is 1. The molecule has 0 bridgehead atoms. The van der Waals surface area contributed by atoms with Crippen LogP contribution in [0.5, 0.6) is 0 Å². The summed E-state index contributed by atoms with van der Waals surface area (Å²) in [4.78, 5) is 27.3. The monoisotopic (exact) mass is 405 g/mol. The molecule has 0 radical (unpaired) electrons. The smallest absolute Gasteiger partial charge is 0.306 e. The SMILES string of the molecule is O=C(O)C[C@@H]1O[C@H](c2cccc(Cl)c2)[C@@H](c2cccs2)N(CC2CC2)C1=O. The van der Waals surface area contributed by atoms with Crippen molar-refractivity contribution in [2.75, 3.05) is 6.54 Å². The van der Waals surface area contributed by atoms with Crippen molar-refractivity contribution in [2.45, 2.75) is 37.5 Å². The number of thiophene rings is 1. The molecular weight excluding hydrogens is 386 g/mol. The highest BCUT2D eigenvalue weighted by Crippen LogP contribution is 2.46. The van der Waals surface area contributed by atoms with Gasteiger partial charge in [-0.15, -0.1) is 11.3 Å². The van der Waals surface area contributed by atoms with Crippen LogP contribution in [0.2, 0.25) is 5.02 Å². The van der Waals surface area contributed by atoms with Gasteiger partial charge in [0.25, 0.3) is 5.91 Å². The van der Waals surface area contributed by atoms with E-state index >= 15 is 0 Å². The maximum absolute atomic E-state index is 13.1. The predicted octanol–water partition coefficient (Wildman–Crippen LogP) is 4.30. The first-order valence-corrected chi connectivity index (χ1v) is 10.3. The highest BCUT2D eigenvalue weighted by atomic mass is 35.5. The van der Waals surface area contributed by atoms with Crippen molar-refractivity contribution >= 4 is 34.8 Å². The van der Waals surface area contributed by atoms with Gasteiger partial charge >= 0.3 is 5.97 Å². The van der Waals surface area contributed by atoms with E-state index in [1.165, 1.54) is 0 Å². The molecule has 0 unspecified atom stereocenters. The molecule has 7 heteroatoms. The Kier molecular flexibility index (Phi) is 5.21. The molecule has 2 heterocycles. The van der Waals surface area contributed by atoms with Crippen LogP contribution in [0, 0.1) is 5.92 Å². The Hall–Kier alpha value is -1.89. The highest BCUT2D eigenvalue weighted by molar-refractivity contribution is 7.10. The average Bonchev–Trinajstić information content (AvgIpc) is 3.28. The topological polar surface area (TPSA) is 66.8 Å². The van der Waals surface area contributed by atoms with E-state index in [2.05, 4.69) is 0 Å². The largest absolute Gasteiger partial charge is 0.481 e. The summed E-state index contributed by atoms with van der Waals surface area (Å²) in [6.07, 6.45) is 0.430. The molecule has 0 spiro atoms. The van der Waals surface area contributed by atoms with Gasteiger partial charge in [-0.25, -0.2) is 0 Å². The number of nitrogens with zero attached hydrogens (tertiary/aromatic N) is 1. The number of hydrogen-bond donors (Lipinski definition) is 1. The van der Waals surface area contributed by atoms with Crippen molar-refractivity contribution in [1.82, 2.24) is 4.90 Å². The van der Waals surface area contributed by atoms with Gasteiger partial charge in [0, 0.05) is 16.4 Å². The van der Waals surface area contributed by atoms with Gasteiger partial charge in [0.1, 0.15) is 12.2 Å². The number of amides is 1. The molecule has 1 aliphatic carbocycles. The number of carbonyl (C=O) groups excluding carboxylic acids is 1. The van der Waals surface area contributed by atoms with Gasteiger partial charge in [-0.3, -0.25) is 9.59 Å². The number of halogens is 1. The van der Waals surface area contributed by atoms with Crippen LogP contribution >= 0.6 is 22.9 Å². The summed E-state index contributed by atoms with van der Waals surface area (Å²) >= 11 is 7.77. The normalized spacial score (nSPS) is 25.6.